The zero-order chi connectivity index (χ0) is 14.6. The first-order valence-electron chi connectivity index (χ1n) is 7.05. The molecule has 0 aromatic heterocycles. The molecule has 5 heteroatoms. The third-order valence-electron chi connectivity index (χ3n) is 4.02. The van der Waals surface area contributed by atoms with Crippen LogP contribution in [0.15, 0.2) is 24.3 Å². The summed E-state index contributed by atoms with van der Waals surface area (Å²) in [5.74, 6) is 0.580. The van der Waals surface area contributed by atoms with Crippen LogP contribution < -0.4 is 10.6 Å². The van der Waals surface area contributed by atoms with Crippen molar-refractivity contribution >= 4 is 0 Å². The highest BCUT2D eigenvalue weighted by Gasteiger charge is 2.32. The molecule has 0 bridgehead atoms. The van der Waals surface area contributed by atoms with E-state index in [1.54, 1.807) is 0 Å². The SMILES string of the molecule is CNCC(c1cccc(C(F)(F)F)c1)C1CCNCC1. The Balaban J connectivity index is 2.24. The van der Waals surface area contributed by atoms with Crippen LogP contribution in [0, 0.1) is 5.92 Å². The number of hydrogen-bond donors (Lipinski definition) is 2. The molecule has 112 valence electrons. The molecule has 1 aliphatic rings. The van der Waals surface area contributed by atoms with Gasteiger partial charge in [0.2, 0.25) is 0 Å². The van der Waals surface area contributed by atoms with E-state index in [2.05, 4.69) is 10.6 Å². The minimum absolute atomic E-state index is 0.143. The van der Waals surface area contributed by atoms with Crippen LogP contribution in [0.4, 0.5) is 13.2 Å². The van der Waals surface area contributed by atoms with E-state index in [0.29, 0.717) is 12.5 Å². The third kappa shape index (κ3) is 3.73. The second kappa shape index (κ2) is 6.59. The average molecular weight is 286 g/mol. The van der Waals surface area contributed by atoms with Crippen LogP contribution in [0.5, 0.6) is 0 Å². The lowest BCUT2D eigenvalue weighted by Crippen LogP contribution is -2.34. The Morgan fingerprint density at radius 2 is 2.00 bits per heavy atom. The fourth-order valence-corrected chi connectivity index (χ4v) is 2.97. The second-order valence-corrected chi connectivity index (χ2v) is 5.37. The molecule has 2 N–H and O–H groups in total. The molecule has 2 nitrogen and oxygen atoms in total. The van der Waals surface area contributed by atoms with Crippen molar-refractivity contribution in [2.45, 2.75) is 24.9 Å². The van der Waals surface area contributed by atoms with Gasteiger partial charge in [-0.2, -0.15) is 13.2 Å². The van der Waals surface area contributed by atoms with E-state index >= 15 is 0 Å². The lowest BCUT2D eigenvalue weighted by molar-refractivity contribution is -0.137. The number of nitrogens with one attached hydrogen (secondary N) is 2. The molecule has 0 radical (unpaired) electrons. The first-order valence-corrected chi connectivity index (χ1v) is 7.05. The average Bonchev–Trinajstić information content (AvgIpc) is 2.45. The standard InChI is InChI=1S/C15H21F3N2/c1-19-10-14(11-5-7-20-8-6-11)12-3-2-4-13(9-12)15(16,17)18/h2-4,9,11,14,19-20H,5-8,10H2,1H3. The molecular formula is C15H21F3N2. The van der Waals surface area contributed by atoms with Gasteiger partial charge in [0, 0.05) is 6.54 Å². The van der Waals surface area contributed by atoms with Gasteiger partial charge in [-0.15, -0.1) is 0 Å². The molecule has 20 heavy (non-hydrogen) atoms. The molecular weight excluding hydrogens is 265 g/mol. The highest BCUT2D eigenvalue weighted by atomic mass is 19.4. The minimum Gasteiger partial charge on any atom is -0.319 e. The Morgan fingerprint density at radius 3 is 2.60 bits per heavy atom. The number of alkyl halides is 3. The van der Waals surface area contributed by atoms with Crippen molar-refractivity contribution in [3.8, 4) is 0 Å². The topological polar surface area (TPSA) is 24.1 Å². The Morgan fingerprint density at radius 1 is 1.30 bits per heavy atom. The monoisotopic (exact) mass is 286 g/mol. The van der Waals surface area contributed by atoms with E-state index in [9.17, 15) is 13.2 Å². The number of benzene rings is 1. The highest BCUT2D eigenvalue weighted by Crippen LogP contribution is 2.35. The fraction of sp³-hybridized carbons (Fsp3) is 0.600. The van der Waals surface area contributed by atoms with Crippen molar-refractivity contribution in [1.29, 1.82) is 0 Å². The van der Waals surface area contributed by atoms with Crippen LogP contribution >= 0.6 is 0 Å². The van der Waals surface area contributed by atoms with Crippen LogP contribution in [0.2, 0.25) is 0 Å². The number of hydrogen-bond acceptors (Lipinski definition) is 2. The first-order chi connectivity index (χ1) is 9.52. The van der Waals surface area contributed by atoms with E-state index < -0.39 is 11.7 Å². The van der Waals surface area contributed by atoms with Gasteiger partial charge in [0.15, 0.2) is 0 Å². The van der Waals surface area contributed by atoms with Gasteiger partial charge < -0.3 is 10.6 Å². The summed E-state index contributed by atoms with van der Waals surface area (Å²) < 4.78 is 38.5. The Bertz CT molecular complexity index is 425. The van der Waals surface area contributed by atoms with E-state index in [1.165, 1.54) is 12.1 Å². The van der Waals surface area contributed by atoms with Gasteiger partial charge in [-0.3, -0.25) is 0 Å². The summed E-state index contributed by atoms with van der Waals surface area (Å²) in [6.07, 6.45) is -2.24. The molecule has 1 atom stereocenters. The smallest absolute Gasteiger partial charge is 0.319 e. The van der Waals surface area contributed by atoms with Gasteiger partial charge in [0.25, 0.3) is 0 Å². The summed E-state index contributed by atoms with van der Waals surface area (Å²) in [4.78, 5) is 0. The maximum atomic E-state index is 12.8. The largest absolute Gasteiger partial charge is 0.416 e. The molecule has 1 saturated heterocycles. The number of piperidine rings is 1. The molecule has 1 heterocycles. The normalized spacial score (nSPS) is 19.0. The van der Waals surface area contributed by atoms with E-state index in [1.807, 2.05) is 13.1 Å². The summed E-state index contributed by atoms with van der Waals surface area (Å²) in [5, 5.41) is 6.42. The molecule has 0 aliphatic carbocycles. The van der Waals surface area contributed by atoms with Crippen LogP contribution in [0.1, 0.15) is 29.9 Å². The maximum Gasteiger partial charge on any atom is 0.416 e. The van der Waals surface area contributed by atoms with Crippen molar-refractivity contribution in [3.63, 3.8) is 0 Å². The quantitative estimate of drug-likeness (QED) is 0.889. The second-order valence-electron chi connectivity index (χ2n) is 5.37. The number of likely N-dealkylation sites (N-methyl/N-ethyl adjacent to an activating group) is 1. The van der Waals surface area contributed by atoms with Crippen LogP contribution in [-0.4, -0.2) is 26.7 Å². The Kier molecular flexibility index (Phi) is 5.05. The van der Waals surface area contributed by atoms with Crippen molar-refractivity contribution in [2.75, 3.05) is 26.7 Å². The van der Waals surface area contributed by atoms with Crippen molar-refractivity contribution in [3.05, 3.63) is 35.4 Å². The van der Waals surface area contributed by atoms with Gasteiger partial charge >= 0.3 is 6.18 Å². The molecule has 0 saturated carbocycles. The molecule has 1 aromatic carbocycles. The number of halogens is 3. The molecule has 0 amide bonds. The predicted octanol–water partition coefficient (Wildman–Crippen LogP) is 3.01. The van der Waals surface area contributed by atoms with Gasteiger partial charge in [0.1, 0.15) is 0 Å². The molecule has 1 fully saturated rings. The Labute approximate surface area is 117 Å². The summed E-state index contributed by atoms with van der Waals surface area (Å²) in [5.41, 5.74) is 0.242. The number of rotatable bonds is 4. The van der Waals surface area contributed by atoms with E-state index in [4.69, 9.17) is 0 Å². The highest BCUT2D eigenvalue weighted by molar-refractivity contribution is 5.29. The zero-order valence-corrected chi connectivity index (χ0v) is 11.6. The minimum atomic E-state index is -4.27. The van der Waals surface area contributed by atoms with Crippen molar-refractivity contribution in [1.82, 2.24) is 10.6 Å². The predicted molar refractivity (Wildman–Crippen MR) is 73.7 cm³/mol. The zero-order valence-electron chi connectivity index (χ0n) is 11.6. The molecule has 1 aromatic rings. The molecule has 1 unspecified atom stereocenters. The third-order valence-corrected chi connectivity index (χ3v) is 4.02. The molecule has 2 rings (SSSR count). The molecule has 0 spiro atoms. The van der Waals surface area contributed by atoms with Crippen LogP contribution in [0.3, 0.4) is 0 Å². The van der Waals surface area contributed by atoms with Gasteiger partial charge in [-0.1, -0.05) is 18.2 Å². The van der Waals surface area contributed by atoms with Crippen LogP contribution in [-0.2, 0) is 6.18 Å². The lowest BCUT2D eigenvalue weighted by Gasteiger charge is -2.31. The van der Waals surface area contributed by atoms with E-state index in [-0.39, 0.29) is 5.92 Å². The van der Waals surface area contributed by atoms with Gasteiger partial charge in [0.05, 0.1) is 5.56 Å². The summed E-state index contributed by atoms with van der Waals surface area (Å²) in [6.45, 7) is 2.61. The lowest BCUT2D eigenvalue weighted by atomic mass is 9.80. The summed E-state index contributed by atoms with van der Waals surface area (Å²) in [6, 6.07) is 5.79. The molecule has 1 aliphatic heterocycles. The van der Waals surface area contributed by atoms with E-state index in [0.717, 1.165) is 37.6 Å². The van der Waals surface area contributed by atoms with Gasteiger partial charge in [-0.25, -0.2) is 0 Å². The van der Waals surface area contributed by atoms with Crippen LogP contribution in [0.25, 0.3) is 0 Å². The fourth-order valence-electron chi connectivity index (χ4n) is 2.97. The Hall–Kier alpha value is -1.07. The summed E-state index contributed by atoms with van der Waals surface area (Å²) >= 11 is 0. The maximum absolute atomic E-state index is 12.8. The summed E-state index contributed by atoms with van der Waals surface area (Å²) in [7, 11) is 1.85. The van der Waals surface area contributed by atoms with Gasteiger partial charge in [-0.05, 0) is 56.4 Å². The van der Waals surface area contributed by atoms with Crippen molar-refractivity contribution < 1.29 is 13.2 Å². The first kappa shape index (κ1) is 15.3. The van der Waals surface area contributed by atoms with Crippen molar-refractivity contribution in [2.24, 2.45) is 5.92 Å².